The molecule has 35 heavy (non-hydrogen) atoms. The van der Waals surface area contributed by atoms with E-state index in [9.17, 15) is 4.79 Å². The first-order valence-electron chi connectivity index (χ1n) is 13.1. The van der Waals surface area contributed by atoms with Crippen LogP contribution in [0.15, 0.2) is 72.8 Å². The lowest BCUT2D eigenvalue weighted by atomic mass is 10.0. The van der Waals surface area contributed by atoms with Crippen LogP contribution in [0.25, 0.3) is 10.8 Å². The normalized spacial score (nSPS) is 16.8. The van der Waals surface area contributed by atoms with E-state index in [-0.39, 0.29) is 11.9 Å². The Morgan fingerprint density at radius 2 is 1.63 bits per heavy atom. The molecule has 1 fully saturated rings. The molecule has 0 radical (unpaired) electrons. The molecular weight excluding hydrogens is 434 g/mol. The van der Waals surface area contributed by atoms with Gasteiger partial charge >= 0.3 is 0 Å². The summed E-state index contributed by atoms with van der Waals surface area (Å²) >= 11 is 0. The fourth-order valence-electron chi connectivity index (χ4n) is 4.95. The van der Waals surface area contributed by atoms with Crippen molar-refractivity contribution >= 4 is 16.7 Å². The number of carbonyl (C=O) groups is 1. The standard InChI is InChI=1S/C30H39N3O2/c31-17-7-6-13-29-30(34)33(19-16-25-14-15-27-11-4-5-12-28(27)23-25)21-20-32(29)18-8-22-35-24-26-9-2-1-3-10-26/h1-5,9-12,14-15,23,29H,6-8,13,16-22,24,31H2/t29-/m0/s1. The Labute approximate surface area is 209 Å². The van der Waals surface area contributed by atoms with Crippen molar-refractivity contribution in [1.82, 2.24) is 9.80 Å². The molecule has 1 aliphatic rings. The van der Waals surface area contributed by atoms with Gasteiger partial charge in [-0.1, -0.05) is 79.2 Å². The zero-order chi connectivity index (χ0) is 24.3. The van der Waals surface area contributed by atoms with E-state index in [1.165, 1.54) is 21.9 Å². The maximum Gasteiger partial charge on any atom is 0.239 e. The highest BCUT2D eigenvalue weighted by Gasteiger charge is 2.33. The highest BCUT2D eigenvalue weighted by Crippen LogP contribution is 2.20. The van der Waals surface area contributed by atoms with Gasteiger partial charge in [-0.2, -0.15) is 0 Å². The first kappa shape index (κ1) is 25.4. The highest BCUT2D eigenvalue weighted by atomic mass is 16.5. The molecule has 0 aliphatic carbocycles. The smallest absolute Gasteiger partial charge is 0.239 e. The predicted octanol–water partition coefficient (Wildman–Crippen LogP) is 4.63. The third-order valence-corrected chi connectivity index (χ3v) is 6.96. The van der Waals surface area contributed by atoms with Crippen LogP contribution in [0.1, 0.15) is 36.8 Å². The molecule has 5 heteroatoms. The van der Waals surface area contributed by atoms with Gasteiger partial charge in [0.1, 0.15) is 0 Å². The van der Waals surface area contributed by atoms with Crippen molar-refractivity contribution in [3.8, 4) is 0 Å². The Morgan fingerprint density at radius 1 is 0.829 bits per heavy atom. The second-order valence-electron chi connectivity index (χ2n) is 9.48. The Kier molecular flexibility index (Phi) is 9.70. The van der Waals surface area contributed by atoms with Gasteiger partial charge in [-0.05, 0) is 54.1 Å². The van der Waals surface area contributed by atoms with Gasteiger partial charge in [0.15, 0.2) is 0 Å². The van der Waals surface area contributed by atoms with Crippen LogP contribution >= 0.6 is 0 Å². The Morgan fingerprint density at radius 3 is 2.46 bits per heavy atom. The molecule has 0 spiro atoms. The fourth-order valence-corrected chi connectivity index (χ4v) is 4.95. The first-order chi connectivity index (χ1) is 17.2. The summed E-state index contributed by atoms with van der Waals surface area (Å²) in [6.45, 7) is 5.42. The van der Waals surface area contributed by atoms with Crippen LogP contribution in [0.5, 0.6) is 0 Å². The van der Waals surface area contributed by atoms with Crippen LogP contribution in [-0.4, -0.2) is 61.1 Å². The summed E-state index contributed by atoms with van der Waals surface area (Å²) in [6, 6.07) is 25.3. The average Bonchev–Trinajstić information content (AvgIpc) is 2.90. The molecule has 2 N–H and O–H groups in total. The zero-order valence-electron chi connectivity index (χ0n) is 20.8. The van der Waals surface area contributed by atoms with Crippen LogP contribution < -0.4 is 5.73 Å². The van der Waals surface area contributed by atoms with E-state index in [1.807, 2.05) is 18.2 Å². The molecule has 186 valence electrons. The maximum absolute atomic E-state index is 13.5. The maximum atomic E-state index is 13.5. The van der Waals surface area contributed by atoms with Gasteiger partial charge in [0.2, 0.25) is 5.91 Å². The molecule has 1 amide bonds. The number of hydrogen-bond acceptors (Lipinski definition) is 4. The van der Waals surface area contributed by atoms with E-state index in [0.717, 1.165) is 58.3 Å². The number of amides is 1. The molecular formula is C30H39N3O2. The van der Waals surface area contributed by atoms with Crippen LogP contribution in [0.3, 0.4) is 0 Å². The quantitative estimate of drug-likeness (QED) is 0.368. The predicted molar refractivity (Wildman–Crippen MR) is 143 cm³/mol. The molecule has 3 aromatic rings. The average molecular weight is 474 g/mol. The third-order valence-electron chi connectivity index (χ3n) is 6.96. The molecule has 1 heterocycles. The second kappa shape index (κ2) is 13.4. The number of nitrogens with two attached hydrogens (primary N) is 1. The number of carbonyl (C=O) groups excluding carboxylic acids is 1. The minimum atomic E-state index is -0.0407. The lowest BCUT2D eigenvalue weighted by Crippen LogP contribution is -2.57. The van der Waals surface area contributed by atoms with E-state index in [1.54, 1.807) is 0 Å². The lowest BCUT2D eigenvalue weighted by Gasteiger charge is -2.41. The SMILES string of the molecule is NCCCC[C@H]1C(=O)N(CCc2ccc3ccccc3c2)CCN1CCCOCc1ccccc1. The van der Waals surface area contributed by atoms with Crippen molar-refractivity contribution in [2.45, 2.75) is 44.8 Å². The van der Waals surface area contributed by atoms with Crippen molar-refractivity contribution in [2.75, 3.05) is 39.3 Å². The van der Waals surface area contributed by atoms with Crippen molar-refractivity contribution in [3.05, 3.63) is 83.9 Å². The van der Waals surface area contributed by atoms with Crippen LogP contribution in [-0.2, 0) is 22.6 Å². The van der Waals surface area contributed by atoms with Crippen molar-refractivity contribution in [3.63, 3.8) is 0 Å². The van der Waals surface area contributed by atoms with E-state index >= 15 is 0 Å². The molecule has 1 atom stereocenters. The highest BCUT2D eigenvalue weighted by molar-refractivity contribution is 5.83. The van der Waals surface area contributed by atoms with Crippen LogP contribution in [0.4, 0.5) is 0 Å². The molecule has 0 aromatic heterocycles. The largest absolute Gasteiger partial charge is 0.377 e. The number of piperazine rings is 1. The number of rotatable bonds is 13. The van der Waals surface area contributed by atoms with Gasteiger partial charge in [-0.3, -0.25) is 9.69 Å². The molecule has 0 unspecified atom stereocenters. The Bertz CT molecular complexity index is 1060. The van der Waals surface area contributed by atoms with Gasteiger partial charge in [0.05, 0.1) is 12.6 Å². The van der Waals surface area contributed by atoms with E-state index in [0.29, 0.717) is 19.8 Å². The summed E-state index contributed by atoms with van der Waals surface area (Å²) in [7, 11) is 0. The molecule has 4 rings (SSSR count). The molecule has 1 aliphatic heterocycles. The van der Waals surface area contributed by atoms with Crippen LogP contribution in [0, 0.1) is 0 Å². The number of benzene rings is 3. The van der Waals surface area contributed by atoms with Gasteiger partial charge in [0, 0.05) is 32.8 Å². The minimum absolute atomic E-state index is 0.0407. The van der Waals surface area contributed by atoms with Crippen molar-refractivity contribution in [1.29, 1.82) is 0 Å². The summed E-state index contributed by atoms with van der Waals surface area (Å²) in [5.41, 5.74) is 8.21. The van der Waals surface area contributed by atoms with Gasteiger partial charge < -0.3 is 15.4 Å². The zero-order valence-corrected chi connectivity index (χ0v) is 20.8. The van der Waals surface area contributed by atoms with E-state index in [4.69, 9.17) is 10.5 Å². The van der Waals surface area contributed by atoms with Gasteiger partial charge in [-0.25, -0.2) is 0 Å². The molecule has 0 bridgehead atoms. The van der Waals surface area contributed by atoms with Crippen molar-refractivity contribution in [2.24, 2.45) is 5.73 Å². The summed E-state index contributed by atoms with van der Waals surface area (Å²) < 4.78 is 5.87. The summed E-state index contributed by atoms with van der Waals surface area (Å²) in [5, 5.41) is 2.52. The molecule has 5 nitrogen and oxygen atoms in total. The number of hydrogen-bond donors (Lipinski definition) is 1. The number of unbranched alkanes of at least 4 members (excludes halogenated alkanes) is 1. The molecule has 3 aromatic carbocycles. The van der Waals surface area contributed by atoms with Crippen molar-refractivity contribution < 1.29 is 9.53 Å². The van der Waals surface area contributed by atoms with E-state index < -0.39 is 0 Å². The summed E-state index contributed by atoms with van der Waals surface area (Å²) in [5.74, 6) is 0.277. The Balaban J connectivity index is 1.28. The van der Waals surface area contributed by atoms with Gasteiger partial charge in [-0.15, -0.1) is 0 Å². The fraction of sp³-hybridized carbons (Fsp3) is 0.433. The lowest BCUT2D eigenvalue weighted by molar-refractivity contribution is -0.142. The third kappa shape index (κ3) is 7.38. The summed E-state index contributed by atoms with van der Waals surface area (Å²) in [6.07, 6.45) is 4.67. The van der Waals surface area contributed by atoms with E-state index in [2.05, 4.69) is 64.4 Å². The second-order valence-corrected chi connectivity index (χ2v) is 9.48. The summed E-state index contributed by atoms with van der Waals surface area (Å²) in [4.78, 5) is 17.9. The first-order valence-corrected chi connectivity index (χ1v) is 13.1. The molecule has 1 saturated heterocycles. The topological polar surface area (TPSA) is 58.8 Å². The molecule has 0 saturated carbocycles. The minimum Gasteiger partial charge on any atom is -0.377 e. The Hall–Kier alpha value is -2.73. The number of fused-ring (bicyclic) bond motifs is 1. The number of ether oxygens (including phenoxy) is 1. The number of nitrogens with zero attached hydrogens (tertiary/aromatic N) is 2. The van der Waals surface area contributed by atoms with Gasteiger partial charge in [0.25, 0.3) is 0 Å². The monoisotopic (exact) mass is 473 g/mol. The van der Waals surface area contributed by atoms with Crippen LogP contribution in [0.2, 0.25) is 0 Å².